The fraction of sp³-hybridized carbons (Fsp3) is 0.417. The molecule has 1 amide bonds. The Morgan fingerprint density at radius 1 is 1.12 bits per heavy atom. The summed E-state index contributed by atoms with van der Waals surface area (Å²) < 4.78 is 49.2. The molecule has 0 spiro atoms. The van der Waals surface area contributed by atoms with Crippen LogP contribution in [0.3, 0.4) is 0 Å². The van der Waals surface area contributed by atoms with Crippen LogP contribution < -0.4 is 10.6 Å². The zero-order chi connectivity index (χ0) is 25.0. The van der Waals surface area contributed by atoms with Gasteiger partial charge in [0.05, 0.1) is 30.0 Å². The largest absolute Gasteiger partial charge is 0.454 e. The SMILES string of the molecule is CCC(CC)NCC1(OC(C)=O)CN(C(=O)c2ccc(F)c(F)c2Nc2ccc(I)cc2F)C1. The van der Waals surface area contributed by atoms with Gasteiger partial charge in [0.2, 0.25) is 0 Å². The molecule has 0 radical (unpaired) electrons. The second-order valence-electron chi connectivity index (χ2n) is 8.37. The van der Waals surface area contributed by atoms with Crippen molar-refractivity contribution in [2.75, 3.05) is 25.0 Å². The van der Waals surface area contributed by atoms with E-state index < -0.39 is 40.6 Å². The summed E-state index contributed by atoms with van der Waals surface area (Å²) in [6, 6.07) is 6.46. The number of carbonyl (C=O) groups excluding carboxylic acids is 2. The van der Waals surface area contributed by atoms with E-state index in [4.69, 9.17) is 4.74 Å². The van der Waals surface area contributed by atoms with Crippen molar-refractivity contribution >= 4 is 45.8 Å². The van der Waals surface area contributed by atoms with E-state index in [-0.39, 0.29) is 30.4 Å². The van der Waals surface area contributed by atoms with Gasteiger partial charge in [0.25, 0.3) is 5.91 Å². The van der Waals surface area contributed by atoms with Gasteiger partial charge in [-0.3, -0.25) is 9.59 Å². The maximum absolute atomic E-state index is 14.7. The summed E-state index contributed by atoms with van der Waals surface area (Å²) in [6.45, 7) is 5.94. The summed E-state index contributed by atoms with van der Waals surface area (Å²) in [4.78, 5) is 26.3. The Morgan fingerprint density at radius 2 is 1.79 bits per heavy atom. The number of halogens is 4. The van der Waals surface area contributed by atoms with Crippen molar-refractivity contribution in [2.45, 2.75) is 45.3 Å². The number of anilines is 2. The van der Waals surface area contributed by atoms with Crippen LogP contribution in [-0.2, 0) is 9.53 Å². The van der Waals surface area contributed by atoms with Crippen molar-refractivity contribution in [3.8, 4) is 0 Å². The molecule has 0 bridgehead atoms. The van der Waals surface area contributed by atoms with Gasteiger partial charge < -0.3 is 20.3 Å². The average Bonchev–Trinajstić information content (AvgIpc) is 2.76. The summed E-state index contributed by atoms with van der Waals surface area (Å²) in [7, 11) is 0. The maximum Gasteiger partial charge on any atom is 0.303 e. The predicted octanol–water partition coefficient (Wildman–Crippen LogP) is 4.99. The van der Waals surface area contributed by atoms with Crippen molar-refractivity contribution < 1.29 is 27.5 Å². The molecule has 2 N–H and O–H groups in total. The zero-order valence-electron chi connectivity index (χ0n) is 19.2. The molecule has 1 fully saturated rings. The van der Waals surface area contributed by atoms with Crippen LogP contribution in [0.2, 0.25) is 0 Å². The summed E-state index contributed by atoms with van der Waals surface area (Å²) in [5.74, 6) is -4.18. The number of carbonyl (C=O) groups is 2. The van der Waals surface area contributed by atoms with Gasteiger partial charge in [-0.05, 0) is 65.8 Å². The number of likely N-dealkylation sites (tertiary alicyclic amines) is 1. The van der Waals surface area contributed by atoms with Crippen molar-refractivity contribution in [3.05, 3.63) is 56.9 Å². The Kier molecular flexibility index (Phi) is 8.45. The minimum absolute atomic E-state index is 0.0915. The lowest BCUT2D eigenvalue weighted by Crippen LogP contribution is -2.69. The smallest absolute Gasteiger partial charge is 0.303 e. The highest BCUT2D eigenvalue weighted by Gasteiger charge is 2.48. The molecule has 0 saturated carbocycles. The molecule has 184 valence electrons. The molecule has 0 unspecified atom stereocenters. The molecule has 34 heavy (non-hydrogen) atoms. The van der Waals surface area contributed by atoms with E-state index in [1.54, 1.807) is 6.07 Å². The van der Waals surface area contributed by atoms with Gasteiger partial charge in [-0.1, -0.05) is 13.8 Å². The number of hydrogen-bond donors (Lipinski definition) is 2. The summed E-state index contributed by atoms with van der Waals surface area (Å²) >= 11 is 1.93. The van der Waals surface area contributed by atoms with E-state index in [9.17, 15) is 22.8 Å². The van der Waals surface area contributed by atoms with Crippen LogP contribution in [-0.4, -0.2) is 48.1 Å². The fourth-order valence-corrected chi connectivity index (χ4v) is 4.42. The number of amides is 1. The Balaban J connectivity index is 1.83. The van der Waals surface area contributed by atoms with Crippen LogP contribution in [0.1, 0.15) is 44.0 Å². The number of nitrogens with one attached hydrogen (secondary N) is 2. The van der Waals surface area contributed by atoms with Gasteiger partial charge in [0, 0.05) is 23.1 Å². The van der Waals surface area contributed by atoms with Crippen molar-refractivity contribution in [1.82, 2.24) is 10.2 Å². The average molecular weight is 589 g/mol. The van der Waals surface area contributed by atoms with Gasteiger partial charge in [0.15, 0.2) is 17.2 Å². The molecule has 1 aliphatic heterocycles. The molecule has 3 rings (SSSR count). The third kappa shape index (κ3) is 5.83. The second-order valence-corrected chi connectivity index (χ2v) is 9.61. The van der Waals surface area contributed by atoms with Crippen LogP contribution in [0.4, 0.5) is 24.5 Å². The van der Waals surface area contributed by atoms with Gasteiger partial charge in [-0.15, -0.1) is 0 Å². The lowest BCUT2D eigenvalue weighted by atomic mass is 9.91. The first-order chi connectivity index (χ1) is 16.1. The van der Waals surface area contributed by atoms with Crippen molar-refractivity contribution in [1.29, 1.82) is 0 Å². The molecule has 1 saturated heterocycles. The van der Waals surface area contributed by atoms with E-state index >= 15 is 0 Å². The lowest BCUT2D eigenvalue weighted by Gasteiger charge is -2.49. The van der Waals surface area contributed by atoms with E-state index in [2.05, 4.69) is 10.6 Å². The second kappa shape index (κ2) is 10.9. The van der Waals surface area contributed by atoms with Crippen molar-refractivity contribution in [3.63, 3.8) is 0 Å². The van der Waals surface area contributed by atoms with Gasteiger partial charge in [-0.2, -0.15) is 0 Å². The first kappa shape index (κ1) is 26.3. The number of benzene rings is 2. The minimum atomic E-state index is -1.29. The molecule has 0 aliphatic carbocycles. The van der Waals surface area contributed by atoms with E-state index in [0.717, 1.165) is 25.0 Å². The number of ether oxygens (including phenoxy) is 1. The number of esters is 1. The highest BCUT2D eigenvalue weighted by molar-refractivity contribution is 14.1. The molecule has 0 atom stereocenters. The fourth-order valence-electron chi connectivity index (χ4n) is 3.96. The molecule has 2 aromatic carbocycles. The highest BCUT2D eigenvalue weighted by Crippen LogP contribution is 2.33. The quantitative estimate of drug-likeness (QED) is 0.319. The molecule has 1 aliphatic rings. The normalized spacial score (nSPS) is 14.6. The monoisotopic (exact) mass is 589 g/mol. The maximum atomic E-state index is 14.7. The van der Waals surface area contributed by atoms with E-state index in [1.165, 1.54) is 24.0 Å². The Bertz CT molecular complexity index is 1070. The number of hydrogen-bond acceptors (Lipinski definition) is 5. The molecule has 10 heteroatoms. The lowest BCUT2D eigenvalue weighted by molar-refractivity contribution is -0.172. The number of rotatable bonds is 9. The zero-order valence-corrected chi connectivity index (χ0v) is 21.3. The van der Waals surface area contributed by atoms with Crippen LogP contribution in [0.5, 0.6) is 0 Å². The van der Waals surface area contributed by atoms with Gasteiger partial charge in [-0.25, -0.2) is 13.2 Å². The standard InChI is InChI=1S/C24H27F3IN3O3/c1-4-16(5-2)29-11-24(34-14(3)32)12-31(13-24)23(33)17-7-8-18(25)21(27)22(17)30-20-9-6-15(28)10-19(20)26/h6-10,16,29-30H,4-5,11-13H2,1-3H3. The van der Waals surface area contributed by atoms with Crippen LogP contribution in [0.15, 0.2) is 30.3 Å². The van der Waals surface area contributed by atoms with Crippen LogP contribution >= 0.6 is 22.6 Å². The Labute approximate surface area is 210 Å². The Morgan fingerprint density at radius 3 is 2.38 bits per heavy atom. The van der Waals surface area contributed by atoms with Crippen LogP contribution in [0.25, 0.3) is 0 Å². The summed E-state index contributed by atoms with van der Waals surface area (Å²) in [5.41, 5.74) is -1.60. The topological polar surface area (TPSA) is 70.7 Å². The Hall–Kier alpha value is -2.34. The molecule has 2 aromatic rings. The number of nitrogens with zero attached hydrogens (tertiary/aromatic N) is 1. The third-order valence-corrected chi connectivity index (χ3v) is 6.49. The molecule has 0 aromatic heterocycles. The first-order valence-electron chi connectivity index (χ1n) is 11.0. The van der Waals surface area contributed by atoms with E-state index in [1.807, 2.05) is 36.4 Å². The molecule has 1 heterocycles. The van der Waals surface area contributed by atoms with Gasteiger partial charge >= 0.3 is 5.97 Å². The van der Waals surface area contributed by atoms with Gasteiger partial charge in [0.1, 0.15) is 5.82 Å². The molecular formula is C24H27F3IN3O3. The van der Waals surface area contributed by atoms with Crippen molar-refractivity contribution in [2.24, 2.45) is 0 Å². The summed E-state index contributed by atoms with van der Waals surface area (Å²) in [5, 5.41) is 5.89. The highest BCUT2D eigenvalue weighted by atomic mass is 127. The van der Waals surface area contributed by atoms with E-state index in [0.29, 0.717) is 10.1 Å². The minimum Gasteiger partial charge on any atom is -0.454 e. The van der Waals surface area contributed by atoms with Crippen LogP contribution in [0, 0.1) is 21.0 Å². The predicted molar refractivity (Wildman–Crippen MR) is 132 cm³/mol. The molecule has 6 nitrogen and oxygen atoms in total. The third-order valence-electron chi connectivity index (χ3n) is 5.82. The first-order valence-corrected chi connectivity index (χ1v) is 12.1. The molecular weight excluding hydrogens is 562 g/mol. The summed E-state index contributed by atoms with van der Waals surface area (Å²) in [6.07, 6.45) is 1.79.